The number of carbonyl (C=O) groups is 1. The Balaban J connectivity index is 1.52. The predicted molar refractivity (Wildman–Crippen MR) is 99.1 cm³/mol. The number of rotatable bonds is 4. The molecule has 2 aromatic rings. The molecule has 1 aromatic carbocycles. The van der Waals surface area contributed by atoms with Gasteiger partial charge in [0.2, 0.25) is 5.91 Å². The smallest absolute Gasteiger partial charge is 0.227 e. The van der Waals surface area contributed by atoms with Crippen molar-refractivity contribution in [2.24, 2.45) is 5.92 Å². The van der Waals surface area contributed by atoms with Crippen LogP contribution in [-0.4, -0.2) is 29.0 Å². The number of halogens is 2. The summed E-state index contributed by atoms with van der Waals surface area (Å²) in [7, 11) is 0. The molecule has 1 fully saturated rings. The maximum absolute atomic E-state index is 12.4. The number of carbonyl (C=O) groups excluding carboxylic acids is 1. The van der Waals surface area contributed by atoms with E-state index in [0.717, 1.165) is 36.8 Å². The first-order valence-corrected chi connectivity index (χ1v) is 9.34. The van der Waals surface area contributed by atoms with Crippen LogP contribution < -0.4 is 5.32 Å². The summed E-state index contributed by atoms with van der Waals surface area (Å²) in [5.41, 5.74) is 0.364. The van der Waals surface area contributed by atoms with Gasteiger partial charge in [-0.3, -0.25) is 9.69 Å². The van der Waals surface area contributed by atoms with Gasteiger partial charge in [0, 0.05) is 22.4 Å². The Kier molecular flexibility index (Phi) is 5.66. The normalized spacial score (nSPS) is 16.2. The number of anilines is 1. The van der Waals surface area contributed by atoms with Crippen molar-refractivity contribution in [1.29, 1.82) is 0 Å². The van der Waals surface area contributed by atoms with Crippen molar-refractivity contribution < 1.29 is 9.90 Å². The quantitative estimate of drug-likeness (QED) is 0.756. The Bertz CT molecular complexity index is 727. The predicted octanol–water partition coefficient (Wildman–Crippen LogP) is 4.61. The fraction of sp³-hybridized carbons (Fsp3) is 0.353. The summed E-state index contributed by atoms with van der Waals surface area (Å²) in [6, 6.07) is 8.59. The molecule has 0 radical (unpaired) electrons. The minimum Gasteiger partial charge on any atom is -0.506 e. The van der Waals surface area contributed by atoms with E-state index in [1.807, 2.05) is 12.1 Å². The molecule has 1 saturated heterocycles. The Morgan fingerprint density at radius 1 is 1.25 bits per heavy atom. The van der Waals surface area contributed by atoms with Crippen LogP contribution in [0.25, 0.3) is 0 Å². The zero-order chi connectivity index (χ0) is 17.1. The number of benzene rings is 1. The highest BCUT2D eigenvalue weighted by Crippen LogP contribution is 2.29. The van der Waals surface area contributed by atoms with Crippen molar-refractivity contribution in [3.05, 3.63) is 44.6 Å². The Morgan fingerprint density at radius 2 is 2.00 bits per heavy atom. The Morgan fingerprint density at radius 3 is 2.67 bits per heavy atom. The number of aromatic hydroxyl groups is 1. The van der Waals surface area contributed by atoms with E-state index >= 15 is 0 Å². The molecule has 1 aliphatic rings. The van der Waals surface area contributed by atoms with Crippen LogP contribution in [0.4, 0.5) is 5.69 Å². The maximum Gasteiger partial charge on any atom is 0.227 e. The van der Waals surface area contributed by atoms with E-state index in [9.17, 15) is 9.90 Å². The van der Waals surface area contributed by atoms with Gasteiger partial charge in [0.15, 0.2) is 0 Å². The van der Waals surface area contributed by atoms with Crippen molar-refractivity contribution in [3.8, 4) is 5.75 Å². The van der Waals surface area contributed by atoms with Gasteiger partial charge in [0.05, 0.1) is 10.0 Å². The second-order valence-corrected chi connectivity index (χ2v) is 8.14. The van der Waals surface area contributed by atoms with Gasteiger partial charge < -0.3 is 10.4 Å². The number of nitrogens with zero attached hydrogens (tertiary/aromatic N) is 1. The molecule has 0 aliphatic carbocycles. The lowest BCUT2D eigenvalue weighted by molar-refractivity contribution is -0.121. The van der Waals surface area contributed by atoms with Crippen LogP contribution in [0.2, 0.25) is 9.36 Å². The number of amides is 1. The molecule has 128 valence electrons. The summed E-state index contributed by atoms with van der Waals surface area (Å²) in [6.07, 6.45) is 1.60. The summed E-state index contributed by atoms with van der Waals surface area (Å²) in [5.74, 6) is -0.0855. The highest BCUT2D eigenvalue weighted by molar-refractivity contribution is 7.16. The number of phenols is 1. The highest BCUT2D eigenvalue weighted by atomic mass is 35.5. The number of phenolic OH excluding ortho intramolecular Hbond substituents is 1. The number of piperidine rings is 1. The number of nitrogens with one attached hydrogen (secondary N) is 1. The van der Waals surface area contributed by atoms with Gasteiger partial charge in [-0.2, -0.15) is 0 Å². The van der Waals surface area contributed by atoms with E-state index in [1.165, 1.54) is 10.9 Å². The average molecular weight is 385 g/mol. The molecule has 0 atom stereocenters. The molecule has 4 nitrogen and oxygen atoms in total. The van der Waals surface area contributed by atoms with Gasteiger partial charge in [-0.25, -0.2) is 0 Å². The van der Waals surface area contributed by atoms with Gasteiger partial charge in [0.25, 0.3) is 0 Å². The molecule has 0 bridgehead atoms. The third-order valence-electron chi connectivity index (χ3n) is 4.18. The average Bonchev–Trinajstić information content (AvgIpc) is 2.96. The summed E-state index contributed by atoms with van der Waals surface area (Å²) >= 11 is 13.5. The summed E-state index contributed by atoms with van der Waals surface area (Å²) in [6.45, 7) is 2.62. The molecule has 2 heterocycles. The minimum absolute atomic E-state index is 0.0276. The van der Waals surface area contributed by atoms with Crippen LogP contribution in [0.3, 0.4) is 0 Å². The van der Waals surface area contributed by atoms with E-state index < -0.39 is 0 Å². The first kappa shape index (κ1) is 17.5. The number of hydrogen-bond donors (Lipinski definition) is 2. The topological polar surface area (TPSA) is 52.6 Å². The van der Waals surface area contributed by atoms with Gasteiger partial charge in [-0.15, -0.1) is 11.3 Å². The van der Waals surface area contributed by atoms with Crippen LogP contribution in [0.15, 0.2) is 30.3 Å². The first-order valence-electron chi connectivity index (χ1n) is 7.77. The third kappa shape index (κ3) is 4.42. The summed E-state index contributed by atoms with van der Waals surface area (Å²) in [4.78, 5) is 16.0. The van der Waals surface area contributed by atoms with Gasteiger partial charge in [0.1, 0.15) is 5.75 Å². The Labute approximate surface area is 155 Å². The van der Waals surface area contributed by atoms with Crippen molar-refractivity contribution >= 4 is 46.1 Å². The molecule has 1 aliphatic heterocycles. The zero-order valence-corrected chi connectivity index (χ0v) is 15.3. The molecule has 7 heteroatoms. The van der Waals surface area contributed by atoms with Crippen molar-refractivity contribution in [3.63, 3.8) is 0 Å². The van der Waals surface area contributed by atoms with E-state index in [2.05, 4.69) is 10.2 Å². The van der Waals surface area contributed by atoms with E-state index in [1.54, 1.807) is 23.5 Å². The van der Waals surface area contributed by atoms with Gasteiger partial charge in [-0.1, -0.05) is 23.2 Å². The van der Waals surface area contributed by atoms with Crippen molar-refractivity contribution in [2.45, 2.75) is 19.4 Å². The van der Waals surface area contributed by atoms with E-state index in [4.69, 9.17) is 23.2 Å². The van der Waals surface area contributed by atoms with E-state index in [-0.39, 0.29) is 17.6 Å². The Hall–Kier alpha value is -1.27. The summed E-state index contributed by atoms with van der Waals surface area (Å²) in [5, 5.41) is 13.1. The van der Waals surface area contributed by atoms with Crippen LogP contribution in [0, 0.1) is 5.92 Å². The highest BCUT2D eigenvalue weighted by Gasteiger charge is 2.25. The van der Waals surface area contributed by atoms with E-state index in [0.29, 0.717) is 10.7 Å². The molecule has 0 saturated carbocycles. The number of hydrogen-bond acceptors (Lipinski definition) is 4. The lowest BCUT2D eigenvalue weighted by Crippen LogP contribution is -2.37. The molecule has 0 spiro atoms. The second kappa shape index (κ2) is 7.74. The van der Waals surface area contributed by atoms with Crippen LogP contribution >= 0.6 is 34.5 Å². The molecular weight excluding hydrogens is 367 g/mol. The number of thiophene rings is 1. The summed E-state index contributed by atoms with van der Waals surface area (Å²) < 4.78 is 0.806. The molecular formula is C17H18Cl2N2O2S. The molecule has 2 N–H and O–H groups in total. The van der Waals surface area contributed by atoms with Crippen LogP contribution in [0.1, 0.15) is 17.7 Å². The fourth-order valence-electron chi connectivity index (χ4n) is 2.85. The molecule has 1 amide bonds. The molecule has 1 aromatic heterocycles. The van der Waals surface area contributed by atoms with Crippen molar-refractivity contribution in [2.75, 3.05) is 18.4 Å². The van der Waals surface area contributed by atoms with Crippen LogP contribution in [0.5, 0.6) is 5.75 Å². The lowest BCUT2D eigenvalue weighted by Gasteiger charge is -2.30. The molecule has 24 heavy (non-hydrogen) atoms. The maximum atomic E-state index is 12.4. The number of likely N-dealkylation sites (tertiary alicyclic amines) is 1. The fourth-order valence-corrected chi connectivity index (χ4v) is 4.16. The van der Waals surface area contributed by atoms with Gasteiger partial charge in [-0.05, 0) is 56.3 Å². The standard InChI is InChI=1S/C17H18Cl2N2O2S/c18-12-1-3-15(22)14(9-12)20-17(23)11-5-7-21(8-6-11)10-13-2-4-16(19)24-13/h1-4,9,11,22H,5-8,10H2,(H,20,23). The van der Waals surface area contributed by atoms with Gasteiger partial charge >= 0.3 is 0 Å². The SMILES string of the molecule is O=C(Nc1cc(Cl)ccc1O)C1CCN(Cc2ccc(Cl)s2)CC1. The van der Waals surface area contributed by atoms with Crippen LogP contribution in [-0.2, 0) is 11.3 Å². The first-order chi connectivity index (χ1) is 11.5. The molecule has 0 unspecified atom stereocenters. The zero-order valence-electron chi connectivity index (χ0n) is 13.0. The second-order valence-electron chi connectivity index (χ2n) is 5.91. The minimum atomic E-state index is -0.0635. The lowest BCUT2D eigenvalue weighted by atomic mass is 9.95. The molecule has 3 rings (SSSR count). The largest absolute Gasteiger partial charge is 0.506 e. The third-order valence-corrected chi connectivity index (χ3v) is 5.63. The monoisotopic (exact) mass is 384 g/mol. The van der Waals surface area contributed by atoms with Crippen molar-refractivity contribution in [1.82, 2.24) is 4.90 Å².